The van der Waals surface area contributed by atoms with Gasteiger partial charge in [0.05, 0.1) is 11.3 Å². The van der Waals surface area contributed by atoms with Crippen molar-refractivity contribution < 1.29 is 27.5 Å². The number of pyridine rings is 1. The van der Waals surface area contributed by atoms with Crippen LogP contribution in [0.4, 0.5) is 18.9 Å². The molecule has 9 heteroatoms. The second kappa shape index (κ2) is 7.10. The van der Waals surface area contributed by atoms with E-state index in [0.29, 0.717) is 6.07 Å². The minimum Gasteiger partial charge on any atom is -0.452 e. The van der Waals surface area contributed by atoms with E-state index in [1.807, 2.05) is 5.32 Å². The number of benzene rings is 1. The van der Waals surface area contributed by atoms with Crippen molar-refractivity contribution in [2.75, 3.05) is 11.9 Å². The number of nitrogens with zero attached hydrogens (tertiary/aromatic N) is 1. The highest BCUT2D eigenvalue weighted by Crippen LogP contribution is 2.19. The fraction of sp³-hybridized carbons (Fsp3) is 0.0714. The molecule has 0 radical (unpaired) electrons. The van der Waals surface area contributed by atoms with Crippen LogP contribution in [-0.4, -0.2) is 23.5 Å². The van der Waals surface area contributed by atoms with Gasteiger partial charge in [0.25, 0.3) is 5.91 Å². The first kappa shape index (κ1) is 16.8. The Morgan fingerprint density at radius 3 is 2.61 bits per heavy atom. The Bertz CT molecular complexity index is 771. The highest BCUT2D eigenvalue weighted by atomic mass is 35.5. The van der Waals surface area contributed by atoms with Crippen molar-refractivity contribution in [1.29, 1.82) is 0 Å². The van der Waals surface area contributed by atoms with E-state index in [1.165, 1.54) is 18.3 Å². The Morgan fingerprint density at radius 2 is 1.91 bits per heavy atom. The molecule has 0 saturated carbocycles. The molecule has 0 spiro atoms. The normalized spacial score (nSPS) is 10.3. The van der Waals surface area contributed by atoms with Crippen LogP contribution in [-0.2, 0) is 9.53 Å². The summed E-state index contributed by atoms with van der Waals surface area (Å²) < 4.78 is 43.8. The van der Waals surface area contributed by atoms with Gasteiger partial charge >= 0.3 is 5.97 Å². The summed E-state index contributed by atoms with van der Waals surface area (Å²) in [5.41, 5.74) is -0.506. The van der Waals surface area contributed by atoms with Gasteiger partial charge in [-0.15, -0.1) is 0 Å². The molecule has 2 aromatic rings. The maximum Gasteiger partial charge on any atom is 0.338 e. The van der Waals surface area contributed by atoms with Crippen LogP contribution in [0.25, 0.3) is 0 Å². The summed E-state index contributed by atoms with van der Waals surface area (Å²) >= 11 is 5.60. The van der Waals surface area contributed by atoms with Crippen molar-refractivity contribution in [1.82, 2.24) is 4.98 Å². The number of carbonyl (C=O) groups excluding carboxylic acids is 2. The smallest absolute Gasteiger partial charge is 0.338 e. The molecular formula is C14H8ClF3N2O3. The molecule has 120 valence electrons. The lowest BCUT2D eigenvalue weighted by molar-refractivity contribution is -0.119. The van der Waals surface area contributed by atoms with Gasteiger partial charge in [0.1, 0.15) is 5.15 Å². The van der Waals surface area contributed by atoms with Crippen molar-refractivity contribution in [3.63, 3.8) is 0 Å². The van der Waals surface area contributed by atoms with Crippen molar-refractivity contribution in [3.05, 3.63) is 58.6 Å². The number of halogens is 4. The summed E-state index contributed by atoms with van der Waals surface area (Å²) in [6, 6.07) is 4.05. The van der Waals surface area contributed by atoms with E-state index in [1.54, 1.807) is 0 Å². The molecule has 0 aliphatic heterocycles. The quantitative estimate of drug-likeness (QED) is 0.526. The molecule has 0 unspecified atom stereocenters. The molecule has 1 amide bonds. The van der Waals surface area contributed by atoms with E-state index < -0.39 is 41.6 Å². The zero-order valence-corrected chi connectivity index (χ0v) is 12.0. The van der Waals surface area contributed by atoms with E-state index in [0.717, 1.165) is 6.07 Å². The molecule has 1 aromatic heterocycles. The Hall–Kier alpha value is -2.61. The predicted molar refractivity (Wildman–Crippen MR) is 74.5 cm³/mol. The Balaban J connectivity index is 1.95. The number of aromatic nitrogens is 1. The fourth-order valence-electron chi connectivity index (χ4n) is 1.55. The SMILES string of the molecule is O=C(COC(=O)c1ccnc(Cl)c1)Nc1ccc(F)c(F)c1F. The number of amides is 1. The maximum absolute atomic E-state index is 13.4. The van der Waals surface area contributed by atoms with Crippen LogP contribution >= 0.6 is 11.6 Å². The average Bonchev–Trinajstić information content (AvgIpc) is 2.53. The van der Waals surface area contributed by atoms with Crippen LogP contribution in [0.1, 0.15) is 10.4 Å². The maximum atomic E-state index is 13.4. The predicted octanol–water partition coefficient (Wildman–Crippen LogP) is 2.95. The molecule has 0 atom stereocenters. The number of anilines is 1. The summed E-state index contributed by atoms with van der Waals surface area (Å²) in [6.07, 6.45) is 1.27. The number of hydrogen-bond acceptors (Lipinski definition) is 4. The van der Waals surface area contributed by atoms with Gasteiger partial charge < -0.3 is 10.1 Å². The molecule has 0 aliphatic rings. The van der Waals surface area contributed by atoms with Gasteiger partial charge in [-0.25, -0.2) is 22.9 Å². The van der Waals surface area contributed by atoms with E-state index in [4.69, 9.17) is 11.6 Å². The molecule has 23 heavy (non-hydrogen) atoms. The van der Waals surface area contributed by atoms with Crippen LogP contribution in [0.5, 0.6) is 0 Å². The highest BCUT2D eigenvalue weighted by molar-refractivity contribution is 6.29. The van der Waals surface area contributed by atoms with E-state index in [-0.39, 0.29) is 10.7 Å². The summed E-state index contributed by atoms with van der Waals surface area (Å²) in [6.45, 7) is -0.753. The lowest BCUT2D eigenvalue weighted by Crippen LogP contribution is -2.21. The summed E-state index contributed by atoms with van der Waals surface area (Å²) in [5, 5.41) is 2.02. The molecule has 5 nitrogen and oxygen atoms in total. The van der Waals surface area contributed by atoms with Crippen LogP contribution in [0.3, 0.4) is 0 Å². The zero-order valence-electron chi connectivity index (χ0n) is 11.3. The molecule has 0 fully saturated rings. The highest BCUT2D eigenvalue weighted by Gasteiger charge is 2.16. The first-order valence-corrected chi connectivity index (χ1v) is 6.48. The third-order valence-electron chi connectivity index (χ3n) is 2.61. The van der Waals surface area contributed by atoms with Crippen molar-refractivity contribution >= 4 is 29.2 Å². The van der Waals surface area contributed by atoms with Crippen LogP contribution in [0.2, 0.25) is 5.15 Å². The third kappa shape index (κ3) is 4.19. The van der Waals surface area contributed by atoms with Gasteiger partial charge in [0.2, 0.25) is 0 Å². The Kier molecular flexibility index (Phi) is 5.17. The van der Waals surface area contributed by atoms with Gasteiger partial charge in [-0.1, -0.05) is 11.6 Å². The van der Waals surface area contributed by atoms with E-state index >= 15 is 0 Å². The Morgan fingerprint density at radius 1 is 1.17 bits per heavy atom. The van der Waals surface area contributed by atoms with Crippen LogP contribution in [0, 0.1) is 17.5 Å². The molecule has 1 N–H and O–H groups in total. The lowest BCUT2D eigenvalue weighted by atomic mass is 10.2. The summed E-state index contributed by atoms with van der Waals surface area (Å²) in [7, 11) is 0. The number of hydrogen-bond donors (Lipinski definition) is 1. The number of rotatable bonds is 4. The lowest BCUT2D eigenvalue weighted by Gasteiger charge is -2.08. The number of ether oxygens (including phenoxy) is 1. The first-order chi connectivity index (χ1) is 10.9. The molecule has 0 bridgehead atoms. The second-order valence-corrected chi connectivity index (χ2v) is 4.60. The van der Waals surface area contributed by atoms with Crippen molar-refractivity contribution in [2.45, 2.75) is 0 Å². The number of esters is 1. The van der Waals surface area contributed by atoms with Gasteiger partial charge in [0.15, 0.2) is 24.1 Å². The van der Waals surface area contributed by atoms with Crippen molar-refractivity contribution in [2.24, 2.45) is 0 Å². The third-order valence-corrected chi connectivity index (χ3v) is 2.81. The molecule has 0 saturated heterocycles. The largest absolute Gasteiger partial charge is 0.452 e. The van der Waals surface area contributed by atoms with Crippen molar-refractivity contribution in [3.8, 4) is 0 Å². The number of carbonyl (C=O) groups is 2. The van der Waals surface area contributed by atoms with Gasteiger partial charge in [0, 0.05) is 6.20 Å². The van der Waals surface area contributed by atoms with Gasteiger partial charge in [-0.3, -0.25) is 4.79 Å². The van der Waals surface area contributed by atoms with E-state index in [9.17, 15) is 22.8 Å². The first-order valence-electron chi connectivity index (χ1n) is 6.10. The zero-order chi connectivity index (χ0) is 17.0. The molecule has 1 heterocycles. The number of nitrogens with one attached hydrogen (secondary N) is 1. The molecule has 0 aliphatic carbocycles. The fourth-order valence-corrected chi connectivity index (χ4v) is 1.73. The monoisotopic (exact) mass is 344 g/mol. The van der Waals surface area contributed by atoms with Crippen LogP contribution in [0.15, 0.2) is 30.5 Å². The molecule has 2 rings (SSSR count). The topological polar surface area (TPSA) is 68.3 Å². The molecular weight excluding hydrogens is 337 g/mol. The minimum absolute atomic E-state index is 0.0627. The Labute approximate surface area is 133 Å². The van der Waals surface area contributed by atoms with Gasteiger partial charge in [-0.2, -0.15) is 0 Å². The summed E-state index contributed by atoms with van der Waals surface area (Å²) in [5.74, 6) is -6.43. The van der Waals surface area contributed by atoms with Gasteiger partial charge in [-0.05, 0) is 24.3 Å². The molecule has 1 aromatic carbocycles. The minimum atomic E-state index is -1.72. The average molecular weight is 345 g/mol. The van der Waals surface area contributed by atoms with Crippen LogP contribution < -0.4 is 5.32 Å². The summed E-state index contributed by atoms with van der Waals surface area (Å²) in [4.78, 5) is 26.9. The second-order valence-electron chi connectivity index (χ2n) is 4.21. The van der Waals surface area contributed by atoms with E-state index in [2.05, 4.69) is 9.72 Å². The standard InChI is InChI=1S/C14H8ClF3N2O3/c15-10-5-7(3-4-19-10)14(22)23-6-11(21)20-9-2-1-8(16)12(17)13(9)18/h1-5H,6H2,(H,20,21).